The first kappa shape index (κ1) is 84.3. The molecule has 6 nitrogen and oxygen atoms in total. The number of hydrogen-bond acceptors (Lipinski definition) is 5. The highest BCUT2D eigenvalue weighted by Crippen LogP contribution is 2.20. The van der Waals surface area contributed by atoms with E-state index in [1.165, 1.54) is 385 Å². The van der Waals surface area contributed by atoms with Crippen LogP contribution in [0.4, 0.5) is 0 Å². The lowest BCUT2D eigenvalue weighted by molar-refractivity contribution is -0.143. The minimum absolute atomic E-state index is 0.0223. The average molecular weight is 1210 g/mol. The lowest BCUT2D eigenvalue weighted by atomic mass is 10.0. The van der Waals surface area contributed by atoms with Crippen LogP contribution < -0.4 is 5.32 Å². The summed E-state index contributed by atoms with van der Waals surface area (Å²) in [5.74, 6) is -0.0394. The Morgan fingerprint density at radius 3 is 0.826 bits per heavy atom. The summed E-state index contributed by atoms with van der Waals surface area (Å²) in [6.45, 7) is 4.96. The Morgan fingerprint density at radius 2 is 0.547 bits per heavy atom. The second kappa shape index (κ2) is 75.8. The molecule has 0 aromatic carbocycles. The smallest absolute Gasteiger partial charge is 0.305 e. The van der Waals surface area contributed by atoms with Crippen LogP contribution in [0.3, 0.4) is 0 Å². The summed E-state index contributed by atoms with van der Waals surface area (Å²) >= 11 is 0. The monoisotopic (exact) mass is 1210 g/mol. The van der Waals surface area contributed by atoms with Gasteiger partial charge in [0.15, 0.2) is 0 Å². The predicted molar refractivity (Wildman–Crippen MR) is 380 cm³/mol. The van der Waals surface area contributed by atoms with Crippen molar-refractivity contribution in [3.63, 3.8) is 0 Å². The van der Waals surface area contributed by atoms with Crippen LogP contribution in [0.25, 0.3) is 0 Å². The third-order valence-corrected chi connectivity index (χ3v) is 18.7. The van der Waals surface area contributed by atoms with Crippen molar-refractivity contribution in [2.24, 2.45) is 0 Å². The molecule has 0 bridgehead atoms. The molecular weight excluding hydrogens is 1050 g/mol. The second-order valence-corrected chi connectivity index (χ2v) is 27.4. The van der Waals surface area contributed by atoms with E-state index in [2.05, 4.69) is 31.3 Å². The Hall–Kier alpha value is -1.66. The third kappa shape index (κ3) is 71.4. The molecule has 0 saturated heterocycles. The van der Waals surface area contributed by atoms with Crippen LogP contribution in [-0.4, -0.2) is 47.4 Å². The van der Waals surface area contributed by atoms with Crippen molar-refractivity contribution in [1.29, 1.82) is 0 Å². The molecule has 2 atom stereocenters. The number of aliphatic hydroxyl groups is 2. The number of allylic oxidation sites excluding steroid dienone is 3. The highest BCUT2D eigenvalue weighted by Gasteiger charge is 2.18. The molecule has 0 saturated carbocycles. The van der Waals surface area contributed by atoms with E-state index in [0.29, 0.717) is 19.4 Å². The molecule has 0 aliphatic heterocycles. The number of unbranched alkanes of at least 4 members (excludes halogenated alkanes) is 62. The first-order valence-corrected chi connectivity index (χ1v) is 39.6. The van der Waals surface area contributed by atoms with Crippen molar-refractivity contribution in [3.05, 3.63) is 24.3 Å². The van der Waals surface area contributed by atoms with E-state index in [4.69, 9.17) is 4.74 Å². The number of esters is 1. The van der Waals surface area contributed by atoms with Crippen LogP contribution in [0.15, 0.2) is 24.3 Å². The largest absolute Gasteiger partial charge is 0.466 e. The zero-order chi connectivity index (χ0) is 62.0. The molecule has 0 aliphatic carbocycles. The predicted octanol–water partition coefficient (Wildman–Crippen LogP) is 26.0. The van der Waals surface area contributed by atoms with Crippen molar-refractivity contribution >= 4 is 11.9 Å². The quantitative estimate of drug-likeness (QED) is 0.0320. The maximum atomic E-state index is 12.5. The standard InChI is InChI=1S/C80H155NO5/c1-3-5-7-9-11-13-15-17-19-21-23-34-37-40-44-48-52-56-60-64-68-72-78(83)77(76-82)81-79(84)73-69-65-61-57-53-49-45-41-38-35-32-30-28-26-24-25-27-29-31-33-36-39-43-47-51-55-59-63-67-71-75-86-80(85)74-70-66-62-58-54-50-46-42-22-20-18-16-14-12-10-8-6-4-2/h25,27,68,72,77-78,82-83H,3-24,26,28-67,69-71,73-76H2,1-2H3,(H,81,84)/b27-25-,72-68+. The molecule has 1 amide bonds. The molecule has 2 unspecified atom stereocenters. The Kier molecular flexibility index (Phi) is 74.3. The summed E-state index contributed by atoms with van der Waals surface area (Å²) in [6, 6.07) is -0.628. The fourth-order valence-corrected chi connectivity index (χ4v) is 12.7. The fraction of sp³-hybridized carbons (Fsp3) is 0.925. The minimum atomic E-state index is -0.844. The molecule has 86 heavy (non-hydrogen) atoms. The summed E-state index contributed by atoms with van der Waals surface area (Å²) in [7, 11) is 0. The van der Waals surface area contributed by atoms with Crippen LogP contribution in [0.5, 0.6) is 0 Å². The SMILES string of the molecule is CCCCCCCCCCCCCCCCCCCCC/C=C/C(O)C(CO)NC(=O)CCCCCCCCCCCCCCCC/C=C\CCCCCCCCCCCCCCOC(=O)CCCCCCCCCCCCCCCCCCCC. The topological polar surface area (TPSA) is 95.9 Å². The van der Waals surface area contributed by atoms with Crippen LogP contribution in [0.1, 0.15) is 450 Å². The van der Waals surface area contributed by atoms with Gasteiger partial charge in [-0.3, -0.25) is 9.59 Å². The van der Waals surface area contributed by atoms with Gasteiger partial charge in [0.25, 0.3) is 0 Å². The number of amides is 1. The Balaban J connectivity index is 3.37. The van der Waals surface area contributed by atoms with E-state index in [0.717, 1.165) is 38.5 Å². The molecule has 0 fully saturated rings. The highest BCUT2D eigenvalue weighted by molar-refractivity contribution is 5.76. The van der Waals surface area contributed by atoms with Gasteiger partial charge in [-0.05, 0) is 57.8 Å². The van der Waals surface area contributed by atoms with Crippen molar-refractivity contribution in [2.75, 3.05) is 13.2 Å². The molecule has 0 radical (unpaired) electrons. The average Bonchev–Trinajstić information content (AvgIpc) is 3.54. The summed E-state index contributed by atoms with van der Waals surface area (Å²) in [5, 5.41) is 23.3. The van der Waals surface area contributed by atoms with Gasteiger partial charge in [-0.1, -0.05) is 404 Å². The lowest BCUT2D eigenvalue weighted by Crippen LogP contribution is -2.45. The van der Waals surface area contributed by atoms with E-state index >= 15 is 0 Å². The first-order valence-electron chi connectivity index (χ1n) is 39.6. The van der Waals surface area contributed by atoms with Gasteiger partial charge >= 0.3 is 5.97 Å². The molecule has 6 heteroatoms. The number of aliphatic hydroxyl groups excluding tert-OH is 2. The Labute approximate surface area is 539 Å². The molecule has 3 N–H and O–H groups in total. The number of carbonyl (C=O) groups excluding carboxylic acids is 2. The van der Waals surface area contributed by atoms with Gasteiger partial charge in [-0.2, -0.15) is 0 Å². The summed E-state index contributed by atoms with van der Waals surface area (Å²) < 4.78 is 5.52. The van der Waals surface area contributed by atoms with Crippen LogP contribution >= 0.6 is 0 Å². The number of ether oxygens (including phenoxy) is 1. The minimum Gasteiger partial charge on any atom is -0.466 e. The van der Waals surface area contributed by atoms with Crippen LogP contribution in [0.2, 0.25) is 0 Å². The molecule has 0 aromatic heterocycles. The normalized spacial score (nSPS) is 12.6. The van der Waals surface area contributed by atoms with Crippen molar-refractivity contribution < 1.29 is 24.5 Å². The van der Waals surface area contributed by atoms with E-state index in [-0.39, 0.29) is 18.5 Å². The number of rotatable bonds is 75. The molecule has 0 aromatic rings. The van der Waals surface area contributed by atoms with Gasteiger partial charge < -0.3 is 20.3 Å². The van der Waals surface area contributed by atoms with Gasteiger partial charge in [0.05, 0.1) is 25.4 Å². The van der Waals surface area contributed by atoms with Gasteiger partial charge in [0, 0.05) is 12.8 Å². The van der Waals surface area contributed by atoms with Crippen LogP contribution in [-0.2, 0) is 14.3 Å². The summed E-state index contributed by atoms with van der Waals surface area (Å²) in [4.78, 5) is 24.7. The highest BCUT2D eigenvalue weighted by atomic mass is 16.5. The van der Waals surface area contributed by atoms with E-state index in [1.54, 1.807) is 6.08 Å². The van der Waals surface area contributed by atoms with Crippen molar-refractivity contribution in [3.8, 4) is 0 Å². The number of nitrogens with one attached hydrogen (secondary N) is 1. The van der Waals surface area contributed by atoms with Gasteiger partial charge in [0.1, 0.15) is 0 Å². The maximum absolute atomic E-state index is 12.5. The Morgan fingerprint density at radius 1 is 0.314 bits per heavy atom. The lowest BCUT2D eigenvalue weighted by Gasteiger charge is -2.20. The van der Waals surface area contributed by atoms with E-state index in [9.17, 15) is 19.8 Å². The molecule has 0 heterocycles. The first-order chi connectivity index (χ1) is 42.5. The maximum Gasteiger partial charge on any atom is 0.305 e. The van der Waals surface area contributed by atoms with Gasteiger partial charge in [0.2, 0.25) is 5.91 Å². The van der Waals surface area contributed by atoms with Crippen molar-refractivity contribution in [1.82, 2.24) is 5.32 Å². The zero-order valence-corrected chi connectivity index (χ0v) is 58.6. The molecule has 0 aliphatic rings. The summed E-state index contributed by atoms with van der Waals surface area (Å²) in [5.41, 5.74) is 0. The molecular formula is C80H155NO5. The molecule has 0 spiro atoms. The van der Waals surface area contributed by atoms with Crippen molar-refractivity contribution in [2.45, 2.75) is 463 Å². The third-order valence-electron chi connectivity index (χ3n) is 18.7. The number of carbonyl (C=O) groups is 2. The van der Waals surface area contributed by atoms with Gasteiger partial charge in [-0.15, -0.1) is 0 Å². The van der Waals surface area contributed by atoms with E-state index in [1.807, 2.05) is 6.08 Å². The summed E-state index contributed by atoms with van der Waals surface area (Å²) in [6.07, 6.45) is 97.2. The van der Waals surface area contributed by atoms with Gasteiger partial charge in [-0.25, -0.2) is 0 Å². The Bertz CT molecular complexity index is 1350. The zero-order valence-electron chi connectivity index (χ0n) is 58.6. The fourth-order valence-electron chi connectivity index (χ4n) is 12.7. The molecule has 0 rings (SSSR count). The molecule has 510 valence electrons. The van der Waals surface area contributed by atoms with Crippen LogP contribution in [0, 0.1) is 0 Å². The van der Waals surface area contributed by atoms with E-state index < -0.39 is 12.1 Å². The number of hydrogen-bond donors (Lipinski definition) is 3. The second-order valence-electron chi connectivity index (χ2n) is 27.4.